The zero-order valence-electron chi connectivity index (χ0n) is 15.0. The van der Waals surface area contributed by atoms with Crippen LogP contribution in [0.2, 0.25) is 0 Å². The quantitative estimate of drug-likeness (QED) is 0.725. The lowest BCUT2D eigenvalue weighted by Gasteiger charge is -2.28. The highest BCUT2D eigenvalue weighted by molar-refractivity contribution is 7.92. The van der Waals surface area contributed by atoms with Gasteiger partial charge < -0.3 is 9.47 Å². The second-order valence-corrected chi connectivity index (χ2v) is 9.43. The number of rotatable bonds is 4. The number of aromatic nitrogens is 1. The van der Waals surface area contributed by atoms with Gasteiger partial charge in [0.15, 0.2) is 0 Å². The van der Waals surface area contributed by atoms with Crippen LogP contribution in [0.5, 0.6) is 0 Å². The first-order valence-corrected chi connectivity index (χ1v) is 11.2. The Hall–Kier alpha value is -2.32. The summed E-state index contributed by atoms with van der Waals surface area (Å²) in [5.41, 5.74) is 2.38. The van der Waals surface area contributed by atoms with E-state index in [1.807, 2.05) is 12.1 Å². The third-order valence-electron chi connectivity index (χ3n) is 4.91. The number of piperidine rings is 1. The summed E-state index contributed by atoms with van der Waals surface area (Å²) in [6, 6.07) is 12.2. The molecule has 0 unspecified atom stereocenters. The molecule has 0 amide bonds. The number of benzene rings is 2. The van der Waals surface area contributed by atoms with E-state index in [0.717, 1.165) is 35.6 Å². The van der Waals surface area contributed by atoms with Crippen molar-refractivity contribution < 1.29 is 8.42 Å². The number of thiazole rings is 1. The van der Waals surface area contributed by atoms with Gasteiger partial charge in [-0.1, -0.05) is 11.3 Å². The first-order chi connectivity index (χ1) is 12.9. The topological polar surface area (TPSA) is 71.4 Å². The van der Waals surface area contributed by atoms with E-state index in [2.05, 4.69) is 9.62 Å². The number of fused-ring (bicyclic) bond motifs is 1. The highest BCUT2D eigenvalue weighted by Crippen LogP contribution is 2.25. The molecule has 0 bridgehead atoms. The maximum absolute atomic E-state index is 12.7. The summed E-state index contributed by atoms with van der Waals surface area (Å²) in [6.07, 6.45) is 3.67. The van der Waals surface area contributed by atoms with Crippen LogP contribution in [0.1, 0.15) is 19.3 Å². The smallest absolute Gasteiger partial charge is 0.307 e. The van der Waals surface area contributed by atoms with Crippen molar-refractivity contribution >= 4 is 43.0 Å². The fourth-order valence-electron chi connectivity index (χ4n) is 3.39. The molecular weight excluding hydrogens is 382 g/mol. The molecule has 1 aliphatic heterocycles. The van der Waals surface area contributed by atoms with Crippen LogP contribution in [0.4, 0.5) is 11.4 Å². The average molecular weight is 404 g/mol. The zero-order valence-corrected chi connectivity index (χ0v) is 16.6. The van der Waals surface area contributed by atoms with Gasteiger partial charge in [-0.2, -0.15) is 0 Å². The van der Waals surface area contributed by atoms with Gasteiger partial charge in [0.2, 0.25) is 0 Å². The molecule has 142 valence electrons. The van der Waals surface area contributed by atoms with Crippen molar-refractivity contribution in [3.8, 4) is 0 Å². The van der Waals surface area contributed by atoms with E-state index in [-0.39, 0.29) is 9.77 Å². The van der Waals surface area contributed by atoms with Crippen LogP contribution >= 0.6 is 11.3 Å². The third kappa shape index (κ3) is 3.59. The molecule has 0 atom stereocenters. The predicted molar refractivity (Wildman–Crippen MR) is 110 cm³/mol. The number of anilines is 2. The molecule has 27 heavy (non-hydrogen) atoms. The SMILES string of the molecule is Cn1c(=O)sc2cc(S(=O)(=O)Nc3ccc(N4CCCCC4)cc3)ccc21. The molecule has 0 aliphatic carbocycles. The van der Waals surface area contributed by atoms with Crippen molar-refractivity contribution in [3.05, 3.63) is 52.1 Å². The van der Waals surface area contributed by atoms with Gasteiger partial charge in [-0.25, -0.2) is 8.42 Å². The molecule has 6 nitrogen and oxygen atoms in total. The lowest BCUT2D eigenvalue weighted by Crippen LogP contribution is -2.29. The number of nitrogens with zero attached hydrogens (tertiary/aromatic N) is 2. The Kier molecular flexibility index (Phi) is 4.69. The monoisotopic (exact) mass is 403 g/mol. The first kappa shape index (κ1) is 18.1. The van der Waals surface area contributed by atoms with Gasteiger partial charge in [0, 0.05) is 31.5 Å². The number of aryl methyl sites for hydroxylation is 1. The van der Waals surface area contributed by atoms with E-state index in [1.165, 1.54) is 29.9 Å². The minimum atomic E-state index is -3.71. The Balaban J connectivity index is 1.56. The van der Waals surface area contributed by atoms with Gasteiger partial charge in [-0.15, -0.1) is 0 Å². The van der Waals surface area contributed by atoms with E-state index >= 15 is 0 Å². The maximum atomic E-state index is 12.7. The van der Waals surface area contributed by atoms with Gasteiger partial charge in [-0.05, 0) is 61.7 Å². The summed E-state index contributed by atoms with van der Waals surface area (Å²) in [7, 11) is -2.04. The van der Waals surface area contributed by atoms with Crippen LogP contribution in [-0.2, 0) is 17.1 Å². The van der Waals surface area contributed by atoms with Crippen LogP contribution in [0.25, 0.3) is 10.2 Å². The van der Waals surface area contributed by atoms with Crippen LogP contribution in [0.3, 0.4) is 0 Å². The Morgan fingerprint density at radius 2 is 1.70 bits per heavy atom. The minimum absolute atomic E-state index is 0.110. The van der Waals surface area contributed by atoms with Gasteiger partial charge >= 0.3 is 4.87 Å². The Morgan fingerprint density at radius 3 is 2.41 bits per heavy atom. The molecular formula is C19H21N3O3S2. The molecule has 1 aliphatic rings. The highest BCUT2D eigenvalue weighted by atomic mass is 32.2. The fourth-order valence-corrected chi connectivity index (χ4v) is 5.47. The molecule has 8 heteroatoms. The largest absolute Gasteiger partial charge is 0.372 e. The summed E-state index contributed by atoms with van der Waals surface area (Å²) in [4.78, 5) is 14.1. The number of sulfonamides is 1. The van der Waals surface area contributed by atoms with E-state index in [4.69, 9.17) is 0 Å². The fraction of sp³-hybridized carbons (Fsp3) is 0.316. The number of nitrogens with one attached hydrogen (secondary N) is 1. The molecule has 0 spiro atoms. The van der Waals surface area contributed by atoms with Gasteiger partial charge in [0.1, 0.15) is 0 Å². The molecule has 2 heterocycles. The van der Waals surface area contributed by atoms with Crippen molar-refractivity contribution in [1.82, 2.24) is 4.57 Å². The van der Waals surface area contributed by atoms with Crippen molar-refractivity contribution in [2.45, 2.75) is 24.2 Å². The Morgan fingerprint density at radius 1 is 1.00 bits per heavy atom. The molecule has 1 saturated heterocycles. The molecule has 0 radical (unpaired) electrons. The van der Waals surface area contributed by atoms with Crippen molar-refractivity contribution in [3.63, 3.8) is 0 Å². The molecule has 4 rings (SSSR count). The molecule has 0 saturated carbocycles. The summed E-state index contributed by atoms with van der Waals surface area (Å²) < 4.78 is 30.2. The standard InChI is InChI=1S/C19H21N3O3S2/c1-21-17-10-9-16(13-18(17)26-19(21)23)27(24,25)20-14-5-7-15(8-6-14)22-11-3-2-4-12-22/h5-10,13,20H,2-4,11-12H2,1H3. The van der Waals surface area contributed by atoms with Crippen molar-refractivity contribution in [2.75, 3.05) is 22.7 Å². The number of hydrogen-bond acceptors (Lipinski definition) is 5. The predicted octanol–water partition coefficient (Wildman–Crippen LogP) is 3.39. The molecule has 2 aromatic carbocycles. The van der Waals surface area contributed by atoms with Gasteiger partial charge in [0.05, 0.1) is 15.1 Å². The van der Waals surface area contributed by atoms with Crippen molar-refractivity contribution in [1.29, 1.82) is 0 Å². The first-order valence-electron chi connectivity index (χ1n) is 8.91. The zero-order chi connectivity index (χ0) is 19.0. The maximum Gasteiger partial charge on any atom is 0.307 e. The van der Waals surface area contributed by atoms with E-state index in [1.54, 1.807) is 31.3 Å². The Bertz CT molecular complexity index is 1130. The van der Waals surface area contributed by atoms with E-state index in [9.17, 15) is 13.2 Å². The summed E-state index contributed by atoms with van der Waals surface area (Å²) >= 11 is 1.04. The second kappa shape index (κ2) is 7.01. The Labute approximate surface area is 162 Å². The normalized spacial score (nSPS) is 15.2. The molecule has 3 aromatic rings. The average Bonchev–Trinajstić information content (AvgIpc) is 2.96. The lowest BCUT2D eigenvalue weighted by atomic mass is 10.1. The third-order valence-corrected chi connectivity index (χ3v) is 7.29. The highest BCUT2D eigenvalue weighted by Gasteiger charge is 2.17. The van der Waals surface area contributed by atoms with Crippen LogP contribution in [0.15, 0.2) is 52.2 Å². The summed E-state index contributed by atoms with van der Waals surface area (Å²) in [5, 5.41) is 0. The van der Waals surface area contributed by atoms with Crippen LogP contribution in [0, 0.1) is 0 Å². The van der Waals surface area contributed by atoms with Crippen molar-refractivity contribution in [2.24, 2.45) is 7.05 Å². The van der Waals surface area contributed by atoms with Crippen LogP contribution < -0.4 is 14.5 Å². The summed E-state index contributed by atoms with van der Waals surface area (Å²) in [5.74, 6) is 0. The molecule has 1 aromatic heterocycles. The van der Waals surface area contributed by atoms with Gasteiger partial charge in [0.25, 0.3) is 10.0 Å². The lowest BCUT2D eigenvalue weighted by molar-refractivity contribution is 0.578. The van der Waals surface area contributed by atoms with Gasteiger partial charge in [-0.3, -0.25) is 9.52 Å². The second-order valence-electron chi connectivity index (χ2n) is 6.76. The molecule has 1 N–H and O–H groups in total. The van der Waals surface area contributed by atoms with E-state index in [0.29, 0.717) is 10.4 Å². The van der Waals surface area contributed by atoms with E-state index < -0.39 is 10.0 Å². The number of hydrogen-bond donors (Lipinski definition) is 1. The van der Waals surface area contributed by atoms with Crippen LogP contribution in [-0.4, -0.2) is 26.1 Å². The molecule has 1 fully saturated rings. The minimum Gasteiger partial charge on any atom is -0.372 e. The summed E-state index contributed by atoms with van der Waals surface area (Å²) in [6.45, 7) is 2.09.